The molecule has 3 amide bonds. The summed E-state index contributed by atoms with van der Waals surface area (Å²) in [7, 11) is 3.35. The highest BCUT2D eigenvalue weighted by Gasteiger charge is 2.12. The maximum Gasteiger partial charge on any atom is 0.275 e. The van der Waals surface area contributed by atoms with E-state index in [1.54, 1.807) is 43.7 Å². The normalized spacial score (nSPS) is 10.0. The van der Waals surface area contributed by atoms with Crippen molar-refractivity contribution >= 4 is 39.9 Å². The molecule has 0 saturated carbocycles. The van der Waals surface area contributed by atoms with E-state index in [0.29, 0.717) is 16.4 Å². The summed E-state index contributed by atoms with van der Waals surface area (Å²) in [4.78, 5) is 40.3. The van der Waals surface area contributed by atoms with Crippen LogP contribution in [0.5, 0.6) is 0 Å². The summed E-state index contributed by atoms with van der Waals surface area (Å²) in [5, 5.41) is 7.14. The van der Waals surface area contributed by atoms with Crippen LogP contribution in [0.25, 0.3) is 0 Å². The van der Waals surface area contributed by atoms with Crippen molar-refractivity contribution in [2.75, 3.05) is 24.7 Å². The fraction of sp³-hybridized carbons (Fsp3) is 0.200. The number of thiazole rings is 1. The SMILES string of the molecule is CC(=O)Nc1nc(C(=O)Nc2ccc(C(=O)N(C)C)cc2)cs1. The van der Waals surface area contributed by atoms with Crippen molar-refractivity contribution in [1.82, 2.24) is 9.88 Å². The zero-order chi connectivity index (χ0) is 17.0. The number of nitrogens with one attached hydrogen (secondary N) is 2. The molecule has 23 heavy (non-hydrogen) atoms. The maximum atomic E-state index is 12.1. The van der Waals surface area contributed by atoms with Crippen LogP contribution in [0.2, 0.25) is 0 Å². The van der Waals surface area contributed by atoms with Gasteiger partial charge in [-0.25, -0.2) is 4.98 Å². The first-order valence-electron chi connectivity index (χ1n) is 6.73. The summed E-state index contributed by atoms with van der Waals surface area (Å²) in [6.45, 7) is 1.37. The van der Waals surface area contributed by atoms with Crippen LogP contribution in [0.4, 0.5) is 10.8 Å². The highest BCUT2D eigenvalue weighted by Crippen LogP contribution is 2.17. The third kappa shape index (κ3) is 4.36. The molecular weight excluding hydrogens is 316 g/mol. The predicted molar refractivity (Wildman–Crippen MR) is 88.8 cm³/mol. The third-order valence-corrected chi connectivity index (χ3v) is 3.57. The number of rotatable bonds is 4. The Morgan fingerprint density at radius 1 is 1.09 bits per heavy atom. The van der Waals surface area contributed by atoms with Gasteiger partial charge >= 0.3 is 0 Å². The second kappa shape index (κ2) is 7.01. The number of nitrogens with zero attached hydrogens (tertiary/aromatic N) is 2. The van der Waals surface area contributed by atoms with E-state index in [4.69, 9.17) is 0 Å². The molecule has 1 heterocycles. The number of amides is 3. The van der Waals surface area contributed by atoms with E-state index in [-0.39, 0.29) is 23.4 Å². The largest absolute Gasteiger partial charge is 0.345 e. The highest BCUT2D eigenvalue weighted by atomic mass is 32.1. The minimum absolute atomic E-state index is 0.109. The van der Waals surface area contributed by atoms with Gasteiger partial charge in [0.25, 0.3) is 11.8 Å². The van der Waals surface area contributed by atoms with E-state index in [2.05, 4.69) is 15.6 Å². The molecule has 0 aliphatic rings. The minimum atomic E-state index is -0.385. The molecule has 0 fully saturated rings. The van der Waals surface area contributed by atoms with Crippen molar-refractivity contribution in [3.8, 4) is 0 Å². The quantitative estimate of drug-likeness (QED) is 0.896. The van der Waals surface area contributed by atoms with E-state index in [1.165, 1.54) is 23.2 Å². The zero-order valence-corrected chi connectivity index (χ0v) is 13.7. The molecule has 0 radical (unpaired) electrons. The lowest BCUT2D eigenvalue weighted by atomic mass is 10.2. The smallest absolute Gasteiger partial charge is 0.275 e. The Bertz CT molecular complexity index is 737. The topological polar surface area (TPSA) is 91.4 Å². The van der Waals surface area contributed by atoms with E-state index < -0.39 is 0 Å². The van der Waals surface area contributed by atoms with Gasteiger partial charge in [0.05, 0.1) is 0 Å². The fourth-order valence-corrected chi connectivity index (χ4v) is 2.47. The lowest BCUT2D eigenvalue weighted by Crippen LogP contribution is -2.21. The van der Waals surface area contributed by atoms with Crippen molar-refractivity contribution in [3.05, 3.63) is 40.9 Å². The summed E-state index contributed by atoms with van der Waals surface area (Å²) < 4.78 is 0. The third-order valence-electron chi connectivity index (χ3n) is 2.82. The number of aromatic nitrogens is 1. The van der Waals surface area contributed by atoms with Gasteiger partial charge in [-0.2, -0.15) is 0 Å². The molecule has 0 aliphatic heterocycles. The molecule has 8 heteroatoms. The number of anilines is 2. The van der Waals surface area contributed by atoms with Crippen LogP contribution in [0.3, 0.4) is 0 Å². The van der Waals surface area contributed by atoms with Crippen LogP contribution >= 0.6 is 11.3 Å². The molecule has 2 aromatic rings. The Hall–Kier alpha value is -2.74. The Labute approximate surface area is 137 Å². The van der Waals surface area contributed by atoms with Crippen molar-refractivity contribution in [3.63, 3.8) is 0 Å². The molecule has 120 valence electrons. The first-order valence-corrected chi connectivity index (χ1v) is 7.61. The van der Waals surface area contributed by atoms with Gasteiger partial charge in [-0.1, -0.05) is 0 Å². The second-order valence-corrected chi connectivity index (χ2v) is 5.81. The minimum Gasteiger partial charge on any atom is -0.345 e. The molecule has 7 nitrogen and oxygen atoms in total. The van der Waals surface area contributed by atoms with E-state index in [9.17, 15) is 14.4 Å². The monoisotopic (exact) mass is 332 g/mol. The fourth-order valence-electron chi connectivity index (χ4n) is 1.74. The lowest BCUT2D eigenvalue weighted by Gasteiger charge is -2.10. The first-order chi connectivity index (χ1) is 10.9. The number of carbonyl (C=O) groups is 3. The average Bonchev–Trinajstić information content (AvgIpc) is 2.95. The molecule has 0 atom stereocenters. The number of benzene rings is 1. The Morgan fingerprint density at radius 3 is 2.30 bits per heavy atom. The van der Waals surface area contributed by atoms with Gasteiger partial charge in [-0.15, -0.1) is 11.3 Å². The Balaban J connectivity index is 2.04. The maximum absolute atomic E-state index is 12.1. The highest BCUT2D eigenvalue weighted by molar-refractivity contribution is 7.14. The van der Waals surface area contributed by atoms with Crippen LogP contribution in [-0.4, -0.2) is 41.7 Å². The van der Waals surface area contributed by atoms with E-state index in [0.717, 1.165) is 0 Å². The van der Waals surface area contributed by atoms with Crippen molar-refractivity contribution in [1.29, 1.82) is 0 Å². The zero-order valence-electron chi connectivity index (χ0n) is 12.9. The van der Waals surface area contributed by atoms with Crippen LogP contribution in [-0.2, 0) is 4.79 Å². The number of carbonyl (C=O) groups excluding carboxylic acids is 3. The average molecular weight is 332 g/mol. The van der Waals surface area contributed by atoms with Gasteiger partial charge in [0, 0.05) is 37.6 Å². The van der Waals surface area contributed by atoms with Gasteiger partial charge < -0.3 is 15.5 Å². The lowest BCUT2D eigenvalue weighted by molar-refractivity contribution is -0.114. The molecule has 0 unspecified atom stereocenters. The van der Waals surface area contributed by atoms with E-state index in [1.807, 2.05) is 0 Å². The Morgan fingerprint density at radius 2 is 1.74 bits per heavy atom. The molecule has 0 saturated heterocycles. The summed E-state index contributed by atoms with van der Waals surface area (Å²) in [5.41, 5.74) is 1.31. The Kier molecular flexibility index (Phi) is 5.07. The van der Waals surface area contributed by atoms with Gasteiger partial charge in [0.2, 0.25) is 5.91 Å². The summed E-state index contributed by atoms with van der Waals surface area (Å²) in [6, 6.07) is 6.58. The molecule has 1 aromatic heterocycles. The number of hydrogen-bond acceptors (Lipinski definition) is 5. The van der Waals surface area contributed by atoms with Crippen LogP contribution in [0.1, 0.15) is 27.8 Å². The standard InChI is InChI=1S/C15H16N4O3S/c1-9(20)16-15-18-12(8-23-15)13(21)17-11-6-4-10(5-7-11)14(22)19(2)3/h4-8H,1-3H3,(H,17,21)(H,16,18,20). The van der Waals surface area contributed by atoms with Gasteiger partial charge in [0.1, 0.15) is 5.69 Å². The second-order valence-electron chi connectivity index (χ2n) is 4.95. The summed E-state index contributed by atoms with van der Waals surface area (Å²) in [5.74, 6) is -0.737. The van der Waals surface area contributed by atoms with Gasteiger partial charge in [-0.3, -0.25) is 14.4 Å². The van der Waals surface area contributed by atoms with Crippen LogP contribution in [0, 0.1) is 0 Å². The molecule has 0 spiro atoms. The summed E-state index contributed by atoms with van der Waals surface area (Å²) in [6.07, 6.45) is 0. The van der Waals surface area contributed by atoms with Gasteiger partial charge in [-0.05, 0) is 24.3 Å². The molecule has 0 bridgehead atoms. The summed E-state index contributed by atoms with van der Waals surface area (Å²) >= 11 is 1.17. The molecule has 2 rings (SSSR count). The molecule has 2 N–H and O–H groups in total. The van der Waals surface area contributed by atoms with Crippen LogP contribution < -0.4 is 10.6 Å². The van der Waals surface area contributed by atoms with Gasteiger partial charge in [0.15, 0.2) is 5.13 Å². The number of hydrogen-bond donors (Lipinski definition) is 2. The molecular formula is C15H16N4O3S. The van der Waals surface area contributed by atoms with Crippen LogP contribution in [0.15, 0.2) is 29.6 Å². The molecule has 0 aliphatic carbocycles. The molecule has 1 aromatic carbocycles. The van der Waals surface area contributed by atoms with Crippen molar-refractivity contribution in [2.45, 2.75) is 6.92 Å². The van der Waals surface area contributed by atoms with Crippen molar-refractivity contribution < 1.29 is 14.4 Å². The first kappa shape index (κ1) is 16.6. The van der Waals surface area contributed by atoms with Crippen molar-refractivity contribution in [2.24, 2.45) is 0 Å². The van der Waals surface area contributed by atoms with E-state index >= 15 is 0 Å². The predicted octanol–water partition coefficient (Wildman–Crippen LogP) is 2.06.